The van der Waals surface area contributed by atoms with Gasteiger partial charge in [-0.05, 0) is 12.1 Å². The van der Waals surface area contributed by atoms with E-state index in [-0.39, 0.29) is 11.9 Å². The van der Waals surface area contributed by atoms with E-state index < -0.39 is 6.04 Å². The number of hydrogen-bond donors (Lipinski definition) is 0. The minimum absolute atomic E-state index is 0.154. The molecule has 0 N–H and O–H groups in total. The SMILES string of the molecule is Cn1nncc1CN1CCN2C(=O)N(c3ccccc3)C(=O)C2C1. The van der Waals surface area contributed by atoms with E-state index in [9.17, 15) is 9.59 Å². The maximum Gasteiger partial charge on any atom is 0.332 e. The zero-order chi connectivity index (χ0) is 16.7. The topological polar surface area (TPSA) is 74.6 Å². The predicted molar refractivity (Wildman–Crippen MR) is 86.1 cm³/mol. The van der Waals surface area contributed by atoms with Gasteiger partial charge in [0.25, 0.3) is 5.91 Å². The molecule has 24 heavy (non-hydrogen) atoms. The number of benzene rings is 1. The van der Waals surface area contributed by atoms with Crippen LogP contribution in [0, 0.1) is 0 Å². The molecule has 1 aromatic heterocycles. The number of rotatable bonds is 3. The summed E-state index contributed by atoms with van der Waals surface area (Å²) in [5.74, 6) is -0.154. The Kier molecular flexibility index (Phi) is 3.53. The number of urea groups is 1. The van der Waals surface area contributed by atoms with Gasteiger partial charge >= 0.3 is 6.03 Å². The summed E-state index contributed by atoms with van der Waals surface area (Å²) in [5.41, 5.74) is 1.62. The number of amides is 3. The van der Waals surface area contributed by atoms with Crippen molar-refractivity contribution in [2.24, 2.45) is 7.05 Å². The lowest BCUT2D eigenvalue weighted by Crippen LogP contribution is -2.52. The Morgan fingerprint density at radius 2 is 1.96 bits per heavy atom. The number of nitrogens with zero attached hydrogens (tertiary/aromatic N) is 6. The van der Waals surface area contributed by atoms with Crippen LogP contribution in [0.1, 0.15) is 5.69 Å². The van der Waals surface area contributed by atoms with Gasteiger partial charge in [0.1, 0.15) is 6.04 Å². The number of aromatic nitrogens is 3. The monoisotopic (exact) mass is 326 g/mol. The summed E-state index contributed by atoms with van der Waals surface area (Å²) in [6.45, 7) is 2.47. The third kappa shape index (κ3) is 2.35. The van der Waals surface area contributed by atoms with Gasteiger partial charge in [-0.25, -0.2) is 9.69 Å². The van der Waals surface area contributed by atoms with Crippen molar-refractivity contribution >= 4 is 17.6 Å². The maximum atomic E-state index is 12.8. The molecule has 4 rings (SSSR count). The normalized spacial score (nSPS) is 21.5. The van der Waals surface area contributed by atoms with Crippen molar-refractivity contribution in [1.82, 2.24) is 24.8 Å². The molecule has 0 radical (unpaired) electrons. The summed E-state index contributed by atoms with van der Waals surface area (Å²) in [6.07, 6.45) is 1.73. The molecule has 2 saturated heterocycles. The molecule has 0 bridgehead atoms. The van der Waals surface area contributed by atoms with E-state index in [1.165, 1.54) is 4.90 Å². The first-order chi connectivity index (χ1) is 11.6. The predicted octanol–water partition coefficient (Wildman–Crippen LogP) is 0.468. The van der Waals surface area contributed by atoms with Crippen LogP contribution < -0.4 is 4.90 Å². The smallest absolute Gasteiger partial charge is 0.309 e. The Labute approximate surface area is 139 Å². The number of para-hydroxylation sites is 1. The van der Waals surface area contributed by atoms with Crippen molar-refractivity contribution in [3.63, 3.8) is 0 Å². The number of carbonyl (C=O) groups excluding carboxylic acids is 2. The number of anilines is 1. The van der Waals surface area contributed by atoms with Crippen LogP contribution in [0.5, 0.6) is 0 Å². The summed E-state index contributed by atoms with van der Waals surface area (Å²) in [7, 11) is 1.85. The molecule has 8 heteroatoms. The van der Waals surface area contributed by atoms with E-state index in [1.807, 2.05) is 25.2 Å². The molecule has 0 aliphatic carbocycles. The lowest BCUT2D eigenvalue weighted by Gasteiger charge is -2.35. The zero-order valence-electron chi connectivity index (χ0n) is 13.4. The van der Waals surface area contributed by atoms with Gasteiger partial charge in [0.2, 0.25) is 0 Å². The van der Waals surface area contributed by atoms with Gasteiger partial charge in [-0.1, -0.05) is 23.4 Å². The molecule has 2 aromatic rings. The Morgan fingerprint density at radius 3 is 2.67 bits per heavy atom. The zero-order valence-corrected chi connectivity index (χ0v) is 13.4. The van der Waals surface area contributed by atoms with Crippen LogP contribution in [-0.2, 0) is 18.4 Å². The third-order valence-corrected chi connectivity index (χ3v) is 4.62. The van der Waals surface area contributed by atoms with Crippen LogP contribution in [0.15, 0.2) is 36.5 Å². The average Bonchev–Trinajstić information content (AvgIpc) is 3.10. The summed E-state index contributed by atoms with van der Waals surface area (Å²) < 4.78 is 1.73. The highest BCUT2D eigenvalue weighted by atomic mass is 16.2. The van der Waals surface area contributed by atoms with Gasteiger partial charge in [-0.15, -0.1) is 5.10 Å². The number of carbonyl (C=O) groups is 2. The second-order valence-electron chi connectivity index (χ2n) is 6.09. The summed E-state index contributed by atoms with van der Waals surface area (Å²) >= 11 is 0. The van der Waals surface area contributed by atoms with Gasteiger partial charge in [0.05, 0.1) is 17.6 Å². The quantitative estimate of drug-likeness (QED) is 0.767. The van der Waals surface area contributed by atoms with Crippen molar-refractivity contribution in [2.75, 3.05) is 24.5 Å². The Balaban J connectivity index is 1.53. The van der Waals surface area contributed by atoms with Gasteiger partial charge in [0, 0.05) is 33.2 Å². The highest BCUT2D eigenvalue weighted by Crippen LogP contribution is 2.27. The molecular weight excluding hydrogens is 308 g/mol. The highest BCUT2D eigenvalue weighted by Gasteiger charge is 2.48. The van der Waals surface area contributed by atoms with Gasteiger partial charge in [-0.3, -0.25) is 14.4 Å². The van der Waals surface area contributed by atoms with Crippen molar-refractivity contribution in [3.05, 3.63) is 42.2 Å². The summed E-state index contributed by atoms with van der Waals surface area (Å²) in [4.78, 5) is 30.5. The van der Waals surface area contributed by atoms with Crippen LogP contribution in [0.2, 0.25) is 0 Å². The van der Waals surface area contributed by atoms with E-state index >= 15 is 0 Å². The van der Waals surface area contributed by atoms with Gasteiger partial charge in [0.15, 0.2) is 0 Å². The first-order valence-corrected chi connectivity index (χ1v) is 7.90. The van der Waals surface area contributed by atoms with Gasteiger partial charge < -0.3 is 4.90 Å². The molecule has 1 unspecified atom stereocenters. The Morgan fingerprint density at radius 1 is 1.17 bits per heavy atom. The van der Waals surface area contributed by atoms with E-state index in [0.717, 1.165) is 12.2 Å². The highest BCUT2D eigenvalue weighted by molar-refractivity contribution is 6.21. The van der Waals surface area contributed by atoms with Gasteiger partial charge in [-0.2, -0.15) is 0 Å². The van der Waals surface area contributed by atoms with E-state index in [1.54, 1.807) is 27.9 Å². The number of piperazine rings is 1. The minimum atomic E-state index is -0.423. The van der Waals surface area contributed by atoms with E-state index in [4.69, 9.17) is 0 Å². The van der Waals surface area contributed by atoms with Crippen LogP contribution in [0.25, 0.3) is 0 Å². The van der Waals surface area contributed by atoms with Crippen LogP contribution in [0.3, 0.4) is 0 Å². The number of imide groups is 1. The standard InChI is InChI=1S/C16H18N6O2/c1-19-13(9-17-18-19)10-20-7-8-21-14(11-20)15(23)22(16(21)24)12-5-3-2-4-6-12/h2-6,9,14H,7-8,10-11H2,1H3. The fourth-order valence-corrected chi connectivity index (χ4v) is 3.29. The fraction of sp³-hybridized carbons (Fsp3) is 0.375. The van der Waals surface area contributed by atoms with Crippen LogP contribution >= 0.6 is 0 Å². The first-order valence-electron chi connectivity index (χ1n) is 7.90. The molecular formula is C16H18N6O2. The number of fused-ring (bicyclic) bond motifs is 1. The molecule has 0 spiro atoms. The lowest BCUT2D eigenvalue weighted by molar-refractivity contribution is -0.121. The molecule has 2 fully saturated rings. The molecule has 124 valence electrons. The molecule has 1 aromatic carbocycles. The first kappa shape index (κ1) is 14.8. The minimum Gasteiger partial charge on any atom is -0.309 e. The Bertz CT molecular complexity index is 774. The fourth-order valence-electron chi connectivity index (χ4n) is 3.29. The Hall–Kier alpha value is -2.74. The van der Waals surface area contributed by atoms with Crippen LogP contribution in [0.4, 0.5) is 10.5 Å². The molecule has 1 atom stereocenters. The van der Waals surface area contributed by atoms with E-state index in [0.29, 0.717) is 25.3 Å². The lowest BCUT2D eigenvalue weighted by atomic mass is 10.1. The largest absolute Gasteiger partial charge is 0.332 e. The van der Waals surface area contributed by atoms with E-state index in [2.05, 4.69) is 15.2 Å². The van der Waals surface area contributed by atoms with Crippen molar-refractivity contribution < 1.29 is 9.59 Å². The molecule has 2 aliphatic rings. The summed E-state index contributed by atoms with van der Waals surface area (Å²) in [6, 6.07) is 8.45. The second kappa shape index (κ2) is 5.72. The number of hydrogen-bond acceptors (Lipinski definition) is 5. The number of aryl methyl sites for hydroxylation is 1. The second-order valence-corrected chi connectivity index (χ2v) is 6.09. The maximum absolute atomic E-state index is 12.8. The molecule has 8 nitrogen and oxygen atoms in total. The van der Waals surface area contributed by atoms with Crippen molar-refractivity contribution in [3.8, 4) is 0 Å². The summed E-state index contributed by atoms with van der Waals surface area (Å²) in [5, 5.41) is 7.81. The van der Waals surface area contributed by atoms with Crippen LogP contribution in [-0.4, -0.2) is 62.4 Å². The molecule has 2 aliphatic heterocycles. The molecule has 3 heterocycles. The molecule has 3 amide bonds. The average molecular weight is 326 g/mol. The molecule has 0 saturated carbocycles. The van der Waals surface area contributed by atoms with Crippen molar-refractivity contribution in [2.45, 2.75) is 12.6 Å². The van der Waals surface area contributed by atoms with Crippen molar-refractivity contribution in [1.29, 1.82) is 0 Å². The third-order valence-electron chi connectivity index (χ3n) is 4.62.